The van der Waals surface area contributed by atoms with E-state index < -0.39 is 42.1 Å². The molecule has 1 fully saturated rings. The highest BCUT2D eigenvalue weighted by molar-refractivity contribution is 5.31. The van der Waals surface area contributed by atoms with Crippen LogP contribution in [0.15, 0.2) is 12.7 Å². The van der Waals surface area contributed by atoms with E-state index in [9.17, 15) is 48.3 Å². The van der Waals surface area contributed by atoms with Gasteiger partial charge in [-0.25, -0.2) is 13.2 Å². The highest BCUT2D eigenvalue weighted by Crippen LogP contribution is 2.72. The monoisotopic (exact) mass is 337 g/mol. The quantitative estimate of drug-likeness (QED) is 0.553. The predicted octanol–water partition coefficient (Wildman–Crippen LogP) is 4.21. The number of halogens is 11. The third-order valence-electron chi connectivity index (χ3n) is 2.66. The summed E-state index contributed by atoms with van der Waals surface area (Å²) in [6, 6.07) is 0. The number of alkyl halides is 11. The van der Waals surface area contributed by atoms with Crippen molar-refractivity contribution in [2.45, 2.75) is 35.7 Å². The molecule has 0 aliphatic carbocycles. The van der Waals surface area contributed by atoms with Crippen molar-refractivity contribution in [3.8, 4) is 0 Å². The van der Waals surface area contributed by atoms with Crippen molar-refractivity contribution in [1.29, 1.82) is 0 Å². The van der Waals surface area contributed by atoms with Gasteiger partial charge in [-0.3, -0.25) is 0 Å². The molecule has 0 aromatic carbocycles. The Morgan fingerprint density at radius 1 is 0.857 bits per heavy atom. The van der Waals surface area contributed by atoms with Crippen LogP contribution in [0.4, 0.5) is 48.3 Å². The number of hydrogen-bond acceptors (Lipinski definition) is 1. The number of hydrogen-bond donors (Lipinski definition) is 0. The van der Waals surface area contributed by atoms with E-state index in [-0.39, 0.29) is 6.08 Å². The van der Waals surface area contributed by atoms with Gasteiger partial charge < -0.3 is 4.74 Å². The van der Waals surface area contributed by atoms with Gasteiger partial charge in [0.2, 0.25) is 0 Å². The van der Waals surface area contributed by atoms with Gasteiger partial charge in [0.15, 0.2) is 0 Å². The van der Waals surface area contributed by atoms with E-state index in [1.807, 2.05) is 0 Å². The summed E-state index contributed by atoms with van der Waals surface area (Å²) in [5, 5.41) is 0. The van der Waals surface area contributed by atoms with Crippen LogP contribution in [0.1, 0.15) is 0 Å². The SMILES string of the molecule is C=C[CH]C(F)(F)C1(C(F)(F)F)OC1(F)C(F)(F)C(F)(F)F. The molecule has 1 aliphatic rings. The summed E-state index contributed by atoms with van der Waals surface area (Å²) in [6.45, 7) is 2.54. The van der Waals surface area contributed by atoms with Crippen LogP contribution in [0.25, 0.3) is 0 Å². The van der Waals surface area contributed by atoms with Crippen LogP contribution < -0.4 is 0 Å². The summed E-state index contributed by atoms with van der Waals surface area (Å²) in [6.07, 6.45) is -14.2. The van der Waals surface area contributed by atoms with Crippen molar-refractivity contribution in [1.82, 2.24) is 0 Å². The molecule has 0 N–H and O–H groups in total. The van der Waals surface area contributed by atoms with Crippen molar-refractivity contribution in [2.24, 2.45) is 0 Å². The van der Waals surface area contributed by atoms with Gasteiger partial charge in [0.1, 0.15) is 0 Å². The lowest BCUT2D eigenvalue weighted by molar-refractivity contribution is -0.331. The maximum Gasteiger partial charge on any atom is 0.459 e. The fraction of sp³-hybridized carbons (Fsp3) is 0.667. The fourth-order valence-corrected chi connectivity index (χ4v) is 1.63. The molecular weight excluding hydrogens is 333 g/mol. The molecule has 0 spiro atoms. The van der Waals surface area contributed by atoms with E-state index in [2.05, 4.69) is 11.3 Å². The third-order valence-corrected chi connectivity index (χ3v) is 2.66. The van der Waals surface area contributed by atoms with Gasteiger partial charge in [-0.1, -0.05) is 6.08 Å². The minimum Gasteiger partial charge on any atom is -0.311 e. The molecule has 21 heavy (non-hydrogen) atoms. The molecule has 2 unspecified atom stereocenters. The number of ether oxygens (including phenoxy) is 1. The minimum absolute atomic E-state index is 0.0265. The van der Waals surface area contributed by atoms with E-state index in [0.717, 1.165) is 0 Å². The average Bonchev–Trinajstić information content (AvgIpc) is 2.86. The molecule has 1 aliphatic heterocycles. The van der Waals surface area contributed by atoms with E-state index in [0.29, 0.717) is 0 Å². The molecule has 1 rings (SSSR count). The van der Waals surface area contributed by atoms with E-state index in [1.165, 1.54) is 0 Å². The Hall–Kier alpha value is -1.07. The largest absolute Gasteiger partial charge is 0.459 e. The summed E-state index contributed by atoms with van der Waals surface area (Å²) in [7, 11) is 0. The smallest absolute Gasteiger partial charge is 0.311 e. The van der Waals surface area contributed by atoms with Gasteiger partial charge in [-0.05, 0) is 0 Å². The van der Waals surface area contributed by atoms with Crippen LogP contribution in [0, 0.1) is 6.42 Å². The van der Waals surface area contributed by atoms with Gasteiger partial charge in [0.05, 0.1) is 6.42 Å². The Morgan fingerprint density at radius 2 is 1.29 bits per heavy atom. The topological polar surface area (TPSA) is 12.5 Å². The number of allylic oxidation sites excluding steroid dienone is 1. The maximum absolute atomic E-state index is 13.5. The fourth-order valence-electron chi connectivity index (χ4n) is 1.63. The van der Waals surface area contributed by atoms with Crippen LogP contribution in [0.2, 0.25) is 0 Å². The third kappa shape index (κ3) is 2.01. The average molecular weight is 337 g/mol. The zero-order chi connectivity index (χ0) is 17.1. The molecule has 0 amide bonds. The first-order valence-electron chi connectivity index (χ1n) is 4.77. The van der Waals surface area contributed by atoms with Crippen LogP contribution in [-0.4, -0.2) is 35.7 Å². The highest BCUT2D eigenvalue weighted by Gasteiger charge is 3.03. The molecule has 0 aromatic rings. The summed E-state index contributed by atoms with van der Waals surface area (Å²) in [4.78, 5) is 0. The lowest BCUT2D eigenvalue weighted by Gasteiger charge is -2.29. The molecule has 1 saturated heterocycles. The van der Waals surface area contributed by atoms with Crippen molar-refractivity contribution in [3.05, 3.63) is 19.1 Å². The maximum atomic E-state index is 13.5. The Morgan fingerprint density at radius 3 is 1.57 bits per heavy atom. The lowest BCUT2D eigenvalue weighted by Crippen LogP contribution is -2.60. The molecular formula is C9H4F11O. The van der Waals surface area contributed by atoms with Gasteiger partial charge in [-0.15, -0.1) is 6.58 Å². The molecule has 1 nitrogen and oxygen atoms in total. The van der Waals surface area contributed by atoms with Crippen LogP contribution in [0.3, 0.4) is 0 Å². The van der Waals surface area contributed by atoms with E-state index in [4.69, 9.17) is 0 Å². The lowest BCUT2D eigenvalue weighted by atomic mass is 9.88. The van der Waals surface area contributed by atoms with Gasteiger partial charge in [-0.2, -0.15) is 35.1 Å². The number of rotatable bonds is 4. The van der Waals surface area contributed by atoms with Crippen molar-refractivity contribution in [2.75, 3.05) is 0 Å². The minimum atomic E-state index is -6.88. The standard InChI is InChI=1S/C9H4F11O/c1-2-3-4(10,11)5(8(15,16)17)7(14,21-5)6(12,13)9(18,19)20/h2-3H,1H2. The Bertz CT molecular complexity index is 436. The number of epoxide rings is 1. The van der Waals surface area contributed by atoms with Crippen LogP contribution in [0.5, 0.6) is 0 Å². The second-order valence-electron chi connectivity index (χ2n) is 3.97. The molecule has 1 heterocycles. The zero-order valence-corrected chi connectivity index (χ0v) is 9.43. The summed E-state index contributed by atoms with van der Waals surface area (Å²) < 4.78 is 142. The van der Waals surface area contributed by atoms with Gasteiger partial charge >= 0.3 is 24.1 Å². The summed E-state index contributed by atoms with van der Waals surface area (Å²) in [5.41, 5.74) is -5.67. The normalized spacial score (nSPS) is 31.2. The highest BCUT2D eigenvalue weighted by atomic mass is 19.4. The molecule has 12 heteroatoms. The van der Waals surface area contributed by atoms with E-state index in [1.54, 1.807) is 0 Å². The Kier molecular flexibility index (Phi) is 3.62. The Balaban J connectivity index is 3.47. The van der Waals surface area contributed by atoms with E-state index >= 15 is 0 Å². The summed E-state index contributed by atoms with van der Waals surface area (Å²) >= 11 is 0. The first-order chi connectivity index (χ1) is 9.02. The van der Waals surface area contributed by atoms with Gasteiger partial charge in [0, 0.05) is 0 Å². The Labute approximate surface area is 109 Å². The molecule has 0 saturated carbocycles. The van der Waals surface area contributed by atoms with Crippen molar-refractivity contribution in [3.63, 3.8) is 0 Å². The predicted molar refractivity (Wildman–Crippen MR) is 44.2 cm³/mol. The van der Waals surface area contributed by atoms with Gasteiger partial charge in [0.25, 0.3) is 11.5 Å². The first kappa shape index (κ1) is 18.0. The van der Waals surface area contributed by atoms with Crippen LogP contribution in [-0.2, 0) is 4.74 Å². The van der Waals surface area contributed by atoms with Crippen molar-refractivity contribution < 1.29 is 53.0 Å². The molecule has 0 bridgehead atoms. The second kappa shape index (κ2) is 4.23. The second-order valence-corrected chi connectivity index (χ2v) is 3.97. The molecule has 123 valence electrons. The first-order valence-corrected chi connectivity index (χ1v) is 4.77. The molecule has 0 aromatic heterocycles. The zero-order valence-electron chi connectivity index (χ0n) is 9.43. The molecule has 1 radical (unpaired) electrons. The molecule has 2 atom stereocenters. The van der Waals surface area contributed by atoms with Crippen LogP contribution >= 0.6 is 0 Å². The summed E-state index contributed by atoms with van der Waals surface area (Å²) in [5.74, 6) is -18.4. The van der Waals surface area contributed by atoms with Crippen molar-refractivity contribution >= 4 is 0 Å².